The second kappa shape index (κ2) is 11.1. The summed E-state index contributed by atoms with van der Waals surface area (Å²) in [4.78, 5) is 24.0. The number of hydrogen-bond donors (Lipinski definition) is 2. The molecule has 2 N–H and O–H groups in total. The molecular weight excluding hydrogens is 344 g/mol. The molecule has 0 fully saturated rings. The van der Waals surface area contributed by atoms with Crippen LogP contribution in [-0.4, -0.2) is 31.6 Å². The number of amides is 2. The number of rotatable bonds is 10. The van der Waals surface area contributed by atoms with Gasteiger partial charge in [-0.05, 0) is 42.8 Å². The molecule has 27 heavy (non-hydrogen) atoms. The molecule has 0 heterocycles. The molecule has 0 bridgehead atoms. The third-order valence-corrected chi connectivity index (χ3v) is 3.76. The predicted molar refractivity (Wildman–Crippen MR) is 106 cm³/mol. The van der Waals surface area contributed by atoms with Gasteiger partial charge in [0, 0.05) is 30.0 Å². The lowest BCUT2D eigenvalue weighted by molar-refractivity contribution is -0.115. The number of nitrogens with one attached hydrogen (secondary N) is 2. The fourth-order valence-corrected chi connectivity index (χ4v) is 2.38. The summed E-state index contributed by atoms with van der Waals surface area (Å²) < 4.78 is 10.8. The molecule has 2 rings (SSSR count). The van der Waals surface area contributed by atoms with E-state index in [2.05, 4.69) is 10.6 Å². The van der Waals surface area contributed by atoms with Gasteiger partial charge in [0.15, 0.2) is 0 Å². The highest BCUT2D eigenvalue weighted by atomic mass is 16.5. The summed E-state index contributed by atoms with van der Waals surface area (Å²) in [5.41, 5.74) is 2.73. The molecule has 6 heteroatoms. The van der Waals surface area contributed by atoms with E-state index in [0.29, 0.717) is 49.8 Å². The van der Waals surface area contributed by atoms with E-state index in [1.165, 1.54) is 0 Å². The van der Waals surface area contributed by atoms with Crippen molar-refractivity contribution in [3.8, 4) is 0 Å². The van der Waals surface area contributed by atoms with Gasteiger partial charge < -0.3 is 20.1 Å². The zero-order valence-electron chi connectivity index (χ0n) is 15.8. The first kappa shape index (κ1) is 20.6. The lowest BCUT2D eigenvalue weighted by atomic mass is 10.1. The first-order valence-corrected chi connectivity index (χ1v) is 9.08. The van der Waals surface area contributed by atoms with Crippen molar-refractivity contribution in [3.05, 3.63) is 59.7 Å². The van der Waals surface area contributed by atoms with E-state index >= 15 is 0 Å². The molecule has 2 aromatic carbocycles. The van der Waals surface area contributed by atoms with Gasteiger partial charge in [0.05, 0.1) is 19.8 Å². The minimum Gasteiger partial charge on any atom is -0.379 e. The number of carbonyl (C=O) groups excluding carboxylic acids is 2. The minimum absolute atomic E-state index is 0.0930. The summed E-state index contributed by atoms with van der Waals surface area (Å²) >= 11 is 0. The van der Waals surface area contributed by atoms with Crippen LogP contribution in [0.3, 0.4) is 0 Å². The molecule has 144 valence electrons. The first-order chi connectivity index (χ1) is 13.1. The SMILES string of the molecule is CCOCCOCc1cccc(NC(=O)c2cccc(NC(=O)CC)c2)c1. The third-order valence-electron chi connectivity index (χ3n) is 3.76. The van der Waals surface area contributed by atoms with Gasteiger partial charge in [-0.1, -0.05) is 25.1 Å². The Morgan fingerprint density at radius 2 is 1.59 bits per heavy atom. The van der Waals surface area contributed by atoms with E-state index in [-0.39, 0.29) is 11.8 Å². The van der Waals surface area contributed by atoms with Crippen molar-refractivity contribution in [3.63, 3.8) is 0 Å². The van der Waals surface area contributed by atoms with E-state index in [1.54, 1.807) is 31.2 Å². The smallest absolute Gasteiger partial charge is 0.255 e. The Balaban J connectivity index is 1.94. The number of hydrogen-bond acceptors (Lipinski definition) is 4. The van der Waals surface area contributed by atoms with Crippen LogP contribution in [0.2, 0.25) is 0 Å². The fourth-order valence-electron chi connectivity index (χ4n) is 2.38. The number of carbonyl (C=O) groups is 2. The highest BCUT2D eigenvalue weighted by Crippen LogP contribution is 2.16. The topological polar surface area (TPSA) is 76.7 Å². The van der Waals surface area contributed by atoms with Crippen LogP contribution in [0.1, 0.15) is 36.2 Å². The summed E-state index contributed by atoms with van der Waals surface area (Å²) in [6, 6.07) is 14.4. The largest absolute Gasteiger partial charge is 0.379 e. The van der Waals surface area contributed by atoms with Crippen LogP contribution in [0.15, 0.2) is 48.5 Å². The summed E-state index contributed by atoms with van der Waals surface area (Å²) in [7, 11) is 0. The predicted octanol–water partition coefficient (Wildman–Crippen LogP) is 3.84. The van der Waals surface area contributed by atoms with E-state index in [1.807, 2.05) is 31.2 Å². The van der Waals surface area contributed by atoms with Gasteiger partial charge in [0.25, 0.3) is 5.91 Å². The highest BCUT2D eigenvalue weighted by molar-refractivity contribution is 6.05. The van der Waals surface area contributed by atoms with Crippen molar-refractivity contribution in [2.75, 3.05) is 30.5 Å². The second-order valence-electron chi connectivity index (χ2n) is 5.89. The molecule has 2 aromatic rings. The number of benzene rings is 2. The average Bonchev–Trinajstić information content (AvgIpc) is 2.68. The maximum absolute atomic E-state index is 12.5. The molecule has 0 aromatic heterocycles. The third kappa shape index (κ3) is 7.21. The van der Waals surface area contributed by atoms with Crippen LogP contribution in [0.25, 0.3) is 0 Å². The van der Waals surface area contributed by atoms with Gasteiger partial charge >= 0.3 is 0 Å². The Hall–Kier alpha value is -2.70. The molecular formula is C21H26N2O4. The van der Waals surface area contributed by atoms with Gasteiger partial charge in [-0.15, -0.1) is 0 Å². The number of anilines is 2. The van der Waals surface area contributed by atoms with Gasteiger partial charge in [-0.2, -0.15) is 0 Å². The quantitative estimate of drug-likeness (QED) is 0.623. The maximum Gasteiger partial charge on any atom is 0.255 e. The lowest BCUT2D eigenvalue weighted by Crippen LogP contribution is -2.14. The van der Waals surface area contributed by atoms with Crippen LogP contribution < -0.4 is 10.6 Å². The molecule has 0 atom stereocenters. The Morgan fingerprint density at radius 1 is 0.889 bits per heavy atom. The first-order valence-electron chi connectivity index (χ1n) is 9.08. The van der Waals surface area contributed by atoms with Gasteiger partial charge in [-0.25, -0.2) is 0 Å². The van der Waals surface area contributed by atoms with Gasteiger partial charge in [-0.3, -0.25) is 9.59 Å². The molecule has 6 nitrogen and oxygen atoms in total. The normalized spacial score (nSPS) is 10.4. The van der Waals surface area contributed by atoms with Crippen LogP contribution in [0, 0.1) is 0 Å². The maximum atomic E-state index is 12.5. The Bertz CT molecular complexity index is 761. The van der Waals surface area contributed by atoms with E-state index < -0.39 is 0 Å². The van der Waals surface area contributed by atoms with Gasteiger partial charge in [0.1, 0.15) is 0 Å². The van der Waals surface area contributed by atoms with Crippen molar-refractivity contribution in [2.24, 2.45) is 0 Å². The van der Waals surface area contributed by atoms with Crippen LogP contribution in [-0.2, 0) is 20.9 Å². The molecule has 0 aliphatic carbocycles. The van der Waals surface area contributed by atoms with Crippen molar-refractivity contribution in [1.82, 2.24) is 0 Å². The van der Waals surface area contributed by atoms with Crippen molar-refractivity contribution in [1.29, 1.82) is 0 Å². The average molecular weight is 370 g/mol. The van der Waals surface area contributed by atoms with E-state index in [9.17, 15) is 9.59 Å². The lowest BCUT2D eigenvalue weighted by Gasteiger charge is -2.10. The van der Waals surface area contributed by atoms with E-state index in [0.717, 1.165) is 5.56 Å². The van der Waals surface area contributed by atoms with Crippen LogP contribution in [0.5, 0.6) is 0 Å². The van der Waals surface area contributed by atoms with Crippen LogP contribution >= 0.6 is 0 Å². The molecule has 0 aliphatic heterocycles. The van der Waals surface area contributed by atoms with Gasteiger partial charge in [0.2, 0.25) is 5.91 Å². The van der Waals surface area contributed by atoms with Crippen molar-refractivity contribution < 1.29 is 19.1 Å². The molecule has 0 saturated carbocycles. The van der Waals surface area contributed by atoms with Crippen molar-refractivity contribution in [2.45, 2.75) is 26.9 Å². The van der Waals surface area contributed by atoms with E-state index in [4.69, 9.17) is 9.47 Å². The zero-order chi connectivity index (χ0) is 19.5. The molecule has 0 radical (unpaired) electrons. The number of ether oxygens (including phenoxy) is 2. The Morgan fingerprint density at radius 3 is 2.33 bits per heavy atom. The summed E-state index contributed by atoms with van der Waals surface area (Å²) in [6.07, 6.45) is 0.385. The van der Waals surface area contributed by atoms with Crippen molar-refractivity contribution >= 4 is 23.2 Å². The summed E-state index contributed by atoms with van der Waals surface area (Å²) in [5.74, 6) is -0.332. The highest BCUT2D eigenvalue weighted by Gasteiger charge is 2.08. The van der Waals surface area contributed by atoms with Crippen LogP contribution in [0.4, 0.5) is 11.4 Å². The minimum atomic E-state index is -0.239. The molecule has 0 aliphatic rings. The zero-order valence-corrected chi connectivity index (χ0v) is 15.8. The molecule has 2 amide bonds. The fraction of sp³-hybridized carbons (Fsp3) is 0.333. The molecule has 0 saturated heterocycles. The molecule has 0 spiro atoms. The Labute approximate surface area is 159 Å². The monoisotopic (exact) mass is 370 g/mol. The standard InChI is InChI=1S/C21H26N2O4/c1-3-20(24)22-19-10-6-8-17(14-19)21(25)23-18-9-5-7-16(13-18)15-27-12-11-26-4-2/h5-10,13-14H,3-4,11-12,15H2,1-2H3,(H,22,24)(H,23,25). The second-order valence-corrected chi connectivity index (χ2v) is 5.89. The summed E-state index contributed by atoms with van der Waals surface area (Å²) in [5, 5.41) is 5.62. The Kier molecular flexibility index (Phi) is 8.48. The summed E-state index contributed by atoms with van der Waals surface area (Å²) in [6.45, 7) is 5.95. The molecule has 0 unspecified atom stereocenters.